The number of fused-ring (bicyclic) bond motifs is 1. The van der Waals surface area contributed by atoms with E-state index in [1.807, 2.05) is 0 Å². The zero-order chi connectivity index (χ0) is 16.2. The number of ether oxygens (including phenoxy) is 1. The van der Waals surface area contributed by atoms with Crippen molar-refractivity contribution in [3.63, 3.8) is 0 Å². The van der Waals surface area contributed by atoms with E-state index in [1.165, 1.54) is 31.5 Å². The highest BCUT2D eigenvalue weighted by Crippen LogP contribution is 2.43. The molecule has 2 saturated carbocycles. The Bertz CT molecular complexity index is 544. The molecule has 0 saturated heterocycles. The van der Waals surface area contributed by atoms with E-state index in [2.05, 4.69) is 20.4 Å². The number of halogens is 2. The van der Waals surface area contributed by atoms with Gasteiger partial charge in [0, 0.05) is 24.8 Å². The van der Waals surface area contributed by atoms with Crippen LogP contribution in [0.2, 0.25) is 0 Å². The zero-order valence-electron chi connectivity index (χ0n) is 12.8. The molecule has 5 nitrogen and oxygen atoms in total. The van der Waals surface area contributed by atoms with E-state index in [-0.39, 0.29) is 24.5 Å². The molecule has 0 aromatic carbocycles. The van der Waals surface area contributed by atoms with Crippen LogP contribution in [0.4, 0.5) is 13.6 Å². The monoisotopic (exact) mass is 325 g/mol. The second-order valence-electron chi connectivity index (χ2n) is 6.33. The molecule has 1 aromatic heterocycles. The summed E-state index contributed by atoms with van der Waals surface area (Å²) in [6.07, 6.45) is 7.41. The number of amides is 2. The van der Waals surface area contributed by atoms with Gasteiger partial charge in [0.05, 0.1) is 0 Å². The molecule has 1 heterocycles. The Balaban J connectivity index is 1.44. The first-order valence-electron chi connectivity index (χ1n) is 8.04. The molecule has 0 aliphatic heterocycles. The summed E-state index contributed by atoms with van der Waals surface area (Å²) in [4.78, 5) is 15.7. The Morgan fingerprint density at radius 2 is 2.09 bits per heavy atom. The second-order valence-corrected chi connectivity index (χ2v) is 6.33. The SMILES string of the molecule is O=C(NCc1ccnc(OC(F)F)c1)NC1C[C@H]2CCC[C@H]2C1. The van der Waals surface area contributed by atoms with Crippen LogP contribution in [-0.4, -0.2) is 23.7 Å². The lowest BCUT2D eigenvalue weighted by molar-refractivity contribution is -0.0529. The number of hydrogen-bond acceptors (Lipinski definition) is 3. The average Bonchev–Trinajstić information content (AvgIpc) is 3.06. The second kappa shape index (κ2) is 7.10. The first kappa shape index (κ1) is 16.0. The molecule has 0 radical (unpaired) electrons. The summed E-state index contributed by atoms with van der Waals surface area (Å²) >= 11 is 0. The van der Waals surface area contributed by atoms with Crippen LogP contribution in [0.1, 0.15) is 37.7 Å². The maximum Gasteiger partial charge on any atom is 0.388 e. The van der Waals surface area contributed by atoms with Crippen molar-refractivity contribution in [1.29, 1.82) is 0 Å². The molecule has 3 rings (SSSR count). The molecule has 1 aromatic rings. The maximum atomic E-state index is 12.1. The molecule has 2 aliphatic rings. The fraction of sp³-hybridized carbons (Fsp3) is 0.625. The van der Waals surface area contributed by atoms with Gasteiger partial charge in [-0.2, -0.15) is 8.78 Å². The van der Waals surface area contributed by atoms with Gasteiger partial charge in [0.15, 0.2) is 0 Å². The number of pyridine rings is 1. The van der Waals surface area contributed by atoms with E-state index in [0.29, 0.717) is 5.56 Å². The number of carbonyl (C=O) groups is 1. The number of urea groups is 1. The number of alkyl halides is 2. The van der Waals surface area contributed by atoms with Crippen molar-refractivity contribution in [1.82, 2.24) is 15.6 Å². The van der Waals surface area contributed by atoms with Crippen LogP contribution < -0.4 is 15.4 Å². The van der Waals surface area contributed by atoms with E-state index in [0.717, 1.165) is 24.7 Å². The van der Waals surface area contributed by atoms with Gasteiger partial charge < -0.3 is 15.4 Å². The minimum Gasteiger partial charge on any atom is -0.417 e. The average molecular weight is 325 g/mol. The Morgan fingerprint density at radius 3 is 2.78 bits per heavy atom. The number of hydrogen-bond donors (Lipinski definition) is 2. The van der Waals surface area contributed by atoms with Crippen LogP contribution in [0.15, 0.2) is 18.3 Å². The predicted molar refractivity (Wildman–Crippen MR) is 80.1 cm³/mol. The summed E-state index contributed by atoms with van der Waals surface area (Å²) in [6.45, 7) is -2.66. The minimum absolute atomic E-state index is 0.150. The van der Waals surface area contributed by atoms with E-state index in [4.69, 9.17) is 0 Å². The van der Waals surface area contributed by atoms with E-state index in [1.54, 1.807) is 6.07 Å². The van der Waals surface area contributed by atoms with Crippen molar-refractivity contribution in [2.75, 3.05) is 0 Å². The van der Waals surface area contributed by atoms with Gasteiger partial charge in [-0.25, -0.2) is 9.78 Å². The van der Waals surface area contributed by atoms with Gasteiger partial charge in [-0.3, -0.25) is 0 Å². The Labute approximate surface area is 133 Å². The van der Waals surface area contributed by atoms with Gasteiger partial charge >= 0.3 is 12.6 Å². The molecule has 0 bridgehead atoms. The van der Waals surface area contributed by atoms with Crippen LogP contribution in [0.3, 0.4) is 0 Å². The standard InChI is InChI=1S/C16H21F2N3O2/c17-15(18)23-14-6-10(4-5-19-14)9-20-16(22)21-13-7-11-2-1-3-12(11)8-13/h4-6,11-13,15H,1-3,7-9H2,(H2,20,21,22)/t11-,12+,13?. The molecule has 1 unspecified atom stereocenters. The molecule has 2 fully saturated rings. The number of nitrogens with one attached hydrogen (secondary N) is 2. The summed E-state index contributed by atoms with van der Waals surface area (Å²) in [5.41, 5.74) is 0.661. The van der Waals surface area contributed by atoms with Gasteiger partial charge in [0.2, 0.25) is 5.88 Å². The Hall–Kier alpha value is -1.92. The highest BCUT2D eigenvalue weighted by Gasteiger charge is 2.37. The third kappa shape index (κ3) is 4.30. The van der Waals surface area contributed by atoms with Gasteiger partial charge in [0.1, 0.15) is 0 Å². The smallest absolute Gasteiger partial charge is 0.388 e. The fourth-order valence-electron chi connectivity index (χ4n) is 3.81. The van der Waals surface area contributed by atoms with Crippen LogP contribution in [0, 0.1) is 11.8 Å². The molecular weight excluding hydrogens is 304 g/mol. The fourth-order valence-corrected chi connectivity index (χ4v) is 3.81. The molecule has 3 atom stereocenters. The van der Waals surface area contributed by atoms with Crippen molar-refractivity contribution >= 4 is 6.03 Å². The normalized spacial score (nSPS) is 26.1. The van der Waals surface area contributed by atoms with Gasteiger partial charge in [-0.05, 0) is 36.3 Å². The summed E-state index contributed by atoms with van der Waals surface area (Å²) in [5, 5.41) is 5.76. The summed E-state index contributed by atoms with van der Waals surface area (Å²) in [6, 6.07) is 3.08. The number of nitrogens with zero attached hydrogens (tertiary/aromatic N) is 1. The van der Waals surface area contributed by atoms with Crippen LogP contribution in [0.5, 0.6) is 5.88 Å². The molecule has 2 amide bonds. The number of rotatable bonds is 5. The van der Waals surface area contributed by atoms with Crippen molar-refractivity contribution < 1.29 is 18.3 Å². The van der Waals surface area contributed by atoms with Gasteiger partial charge in [-0.1, -0.05) is 19.3 Å². The zero-order valence-corrected chi connectivity index (χ0v) is 12.8. The third-order valence-corrected chi connectivity index (χ3v) is 4.79. The van der Waals surface area contributed by atoms with Crippen LogP contribution in [0.25, 0.3) is 0 Å². The first-order valence-corrected chi connectivity index (χ1v) is 8.04. The third-order valence-electron chi connectivity index (χ3n) is 4.79. The molecule has 23 heavy (non-hydrogen) atoms. The lowest BCUT2D eigenvalue weighted by Gasteiger charge is -2.14. The molecule has 2 aliphatic carbocycles. The van der Waals surface area contributed by atoms with Crippen molar-refractivity contribution in [2.45, 2.75) is 51.3 Å². The van der Waals surface area contributed by atoms with E-state index >= 15 is 0 Å². The predicted octanol–water partition coefficient (Wildman–Crippen LogP) is 3.06. The van der Waals surface area contributed by atoms with Crippen LogP contribution >= 0.6 is 0 Å². The summed E-state index contributed by atoms with van der Waals surface area (Å²) < 4.78 is 28.5. The number of carbonyl (C=O) groups excluding carboxylic acids is 1. The quantitative estimate of drug-likeness (QED) is 0.874. The number of aromatic nitrogens is 1. The largest absolute Gasteiger partial charge is 0.417 e. The van der Waals surface area contributed by atoms with Crippen LogP contribution in [-0.2, 0) is 6.54 Å². The van der Waals surface area contributed by atoms with Gasteiger partial charge in [-0.15, -0.1) is 0 Å². The molecule has 0 spiro atoms. The van der Waals surface area contributed by atoms with Crippen molar-refractivity contribution in [2.24, 2.45) is 11.8 Å². The van der Waals surface area contributed by atoms with E-state index < -0.39 is 6.61 Å². The lowest BCUT2D eigenvalue weighted by Crippen LogP contribution is -2.40. The van der Waals surface area contributed by atoms with Gasteiger partial charge in [0.25, 0.3) is 0 Å². The summed E-state index contributed by atoms with van der Waals surface area (Å²) in [7, 11) is 0. The molecule has 2 N–H and O–H groups in total. The van der Waals surface area contributed by atoms with E-state index in [9.17, 15) is 13.6 Å². The Morgan fingerprint density at radius 1 is 1.35 bits per heavy atom. The lowest BCUT2D eigenvalue weighted by atomic mass is 10.0. The van der Waals surface area contributed by atoms with Crippen molar-refractivity contribution in [3.8, 4) is 5.88 Å². The maximum absolute atomic E-state index is 12.1. The van der Waals surface area contributed by atoms with Crippen molar-refractivity contribution in [3.05, 3.63) is 23.9 Å². The minimum atomic E-state index is -2.91. The summed E-state index contributed by atoms with van der Waals surface area (Å²) in [5.74, 6) is 1.40. The first-order chi connectivity index (χ1) is 11.1. The highest BCUT2D eigenvalue weighted by atomic mass is 19.3. The Kier molecular flexibility index (Phi) is 4.93. The molecule has 126 valence electrons. The highest BCUT2D eigenvalue weighted by molar-refractivity contribution is 5.74. The molecule has 7 heteroatoms. The topological polar surface area (TPSA) is 63.2 Å². The molecular formula is C16H21F2N3O2.